The van der Waals surface area contributed by atoms with E-state index in [1.54, 1.807) is 6.08 Å². The topological polar surface area (TPSA) is 26.3 Å². The third kappa shape index (κ3) is 0.817. The highest BCUT2D eigenvalue weighted by atomic mass is 16.5. The van der Waals surface area contributed by atoms with Crippen LogP contribution in [0.3, 0.4) is 0 Å². The van der Waals surface area contributed by atoms with Crippen molar-refractivity contribution in [3.8, 4) is 0 Å². The number of ether oxygens (including phenoxy) is 1. The van der Waals surface area contributed by atoms with Crippen molar-refractivity contribution < 1.29 is 9.53 Å². The standard InChI is InChI=1S/C9H12O2/c1-9(2)5-7-8(9)6(10)3-4-11-7/h3-4,7-8H,5H2,1-2H3/t7-,8+/m0/s1. The normalized spacial score (nSPS) is 38.9. The van der Waals surface area contributed by atoms with Gasteiger partial charge in [-0.1, -0.05) is 13.8 Å². The number of hydrogen-bond acceptors (Lipinski definition) is 2. The van der Waals surface area contributed by atoms with Crippen molar-refractivity contribution in [2.24, 2.45) is 11.3 Å². The van der Waals surface area contributed by atoms with Gasteiger partial charge >= 0.3 is 0 Å². The number of ketones is 1. The van der Waals surface area contributed by atoms with Crippen LogP contribution >= 0.6 is 0 Å². The van der Waals surface area contributed by atoms with Crippen molar-refractivity contribution in [3.63, 3.8) is 0 Å². The molecular formula is C9H12O2. The summed E-state index contributed by atoms with van der Waals surface area (Å²) in [5.74, 6) is 0.352. The summed E-state index contributed by atoms with van der Waals surface area (Å²) < 4.78 is 5.28. The van der Waals surface area contributed by atoms with Crippen molar-refractivity contribution in [2.45, 2.75) is 26.4 Å². The van der Waals surface area contributed by atoms with Crippen molar-refractivity contribution in [2.75, 3.05) is 0 Å². The minimum Gasteiger partial charge on any atom is -0.497 e. The average molecular weight is 152 g/mol. The molecule has 0 aromatic rings. The lowest BCUT2D eigenvalue weighted by Gasteiger charge is -2.50. The van der Waals surface area contributed by atoms with Crippen molar-refractivity contribution in [3.05, 3.63) is 12.3 Å². The molecule has 1 aliphatic carbocycles. The zero-order chi connectivity index (χ0) is 8.06. The number of carbonyl (C=O) groups excluding carboxylic acids is 1. The Morgan fingerprint density at radius 1 is 1.64 bits per heavy atom. The molecule has 11 heavy (non-hydrogen) atoms. The smallest absolute Gasteiger partial charge is 0.166 e. The molecule has 0 radical (unpaired) electrons. The Kier molecular flexibility index (Phi) is 1.17. The maximum absolute atomic E-state index is 11.3. The van der Waals surface area contributed by atoms with E-state index in [2.05, 4.69) is 13.8 Å². The van der Waals surface area contributed by atoms with E-state index in [0.717, 1.165) is 6.42 Å². The van der Waals surface area contributed by atoms with Crippen molar-refractivity contribution in [1.29, 1.82) is 0 Å². The minimum atomic E-state index is 0.118. The van der Waals surface area contributed by atoms with Gasteiger partial charge in [-0.3, -0.25) is 4.79 Å². The quantitative estimate of drug-likeness (QED) is 0.526. The summed E-state index contributed by atoms with van der Waals surface area (Å²) in [6.45, 7) is 4.24. The monoisotopic (exact) mass is 152 g/mol. The summed E-state index contributed by atoms with van der Waals surface area (Å²) in [5, 5.41) is 0. The molecule has 0 unspecified atom stereocenters. The highest BCUT2D eigenvalue weighted by molar-refractivity contribution is 5.94. The van der Waals surface area contributed by atoms with E-state index in [4.69, 9.17) is 4.74 Å². The number of hydrogen-bond donors (Lipinski definition) is 0. The van der Waals surface area contributed by atoms with Crippen molar-refractivity contribution >= 4 is 5.78 Å². The molecule has 0 aromatic heterocycles. The molecule has 2 rings (SSSR count). The van der Waals surface area contributed by atoms with Crippen LogP contribution in [0, 0.1) is 11.3 Å². The average Bonchev–Trinajstić information content (AvgIpc) is 1.84. The van der Waals surface area contributed by atoms with Crippen LogP contribution in [-0.2, 0) is 9.53 Å². The highest BCUT2D eigenvalue weighted by Crippen LogP contribution is 2.49. The predicted molar refractivity (Wildman–Crippen MR) is 40.9 cm³/mol. The van der Waals surface area contributed by atoms with Crippen LogP contribution in [0.15, 0.2) is 12.3 Å². The van der Waals surface area contributed by atoms with Gasteiger partial charge in [0.1, 0.15) is 6.10 Å². The van der Waals surface area contributed by atoms with Gasteiger partial charge in [-0.15, -0.1) is 0 Å². The molecule has 1 saturated carbocycles. The number of fused-ring (bicyclic) bond motifs is 1. The molecule has 0 aromatic carbocycles. The molecule has 2 atom stereocenters. The Morgan fingerprint density at radius 3 is 2.82 bits per heavy atom. The van der Waals surface area contributed by atoms with Crippen LogP contribution in [0.1, 0.15) is 20.3 Å². The largest absolute Gasteiger partial charge is 0.497 e. The molecule has 1 aliphatic heterocycles. The summed E-state index contributed by atoms with van der Waals surface area (Å²) >= 11 is 0. The minimum absolute atomic E-state index is 0.118. The van der Waals surface area contributed by atoms with Gasteiger partial charge in [0.2, 0.25) is 0 Å². The number of rotatable bonds is 0. The summed E-state index contributed by atoms with van der Waals surface area (Å²) in [5.41, 5.74) is 0.159. The van der Waals surface area contributed by atoms with E-state index in [1.165, 1.54) is 6.26 Å². The Morgan fingerprint density at radius 2 is 2.36 bits per heavy atom. The first-order valence-electron chi connectivity index (χ1n) is 3.97. The first-order valence-corrected chi connectivity index (χ1v) is 3.97. The Hall–Kier alpha value is -0.790. The SMILES string of the molecule is CC1(C)C[C@@H]2OC=CC(=O)[C@H]21. The van der Waals surface area contributed by atoms with E-state index in [9.17, 15) is 4.79 Å². The molecule has 60 valence electrons. The first-order chi connectivity index (χ1) is 5.11. The second-order valence-corrected chi connectivity index (χ2v) is 4.05. The highest BCUT2D eigenvalue weighted by Gasteiger charge is 2.53. The van der Waals surface area contributed by atoms with Gasteiger partial charge in [0.05, 0.1) is 12.2 Å². The van der Waals surface area contributed by atoms with Crippen LogP contribution in [0.5, 0.6) is 0 Å². The maximum Gasteiger partial charge on any atom is 0.166 e. The Bertz CT molecular complexity index is 228. The van der Waals surface area contributed by atoms with E-state index >= 15 is 0 Å². The fourth-order valence-corrected chi connectivity index (χ4v) is 2.11. The summed E-state index contributed by atoms with van der Waals surface area (Å²) in [7, 11) is 0. The predicted octanol–water partition coefficient (Wildman–Crippen LogP) is 1.51. The molecule has 2 aliphatic rings. The van der Waals surface area contributed by atoms with Gasteiger partial charge < -0.3 is 4.74 Å². The van der Waals surface area contributed by atoms with E-state index in [1.807, 2.05) is 0 Å². The van der Waals surface area contributed by atoms with Crippen molar-refractivity contribution in [1.82, 2.24) is 0 Å². The maximum atomic E-state index is 11.3. The second-order valence-electron chi connectivity index (χ2n) is 4.05. The van der Waals surface area contributed by atoms with Crippen LogP contribution in [0.4, 0.5) is 0 Å². The Labute approximate surface area is 66.2 Å². The molecule has 1 fully saturated rings. The van der Waals surface area contributed by atoms with E-state index in [-0.39, 0.29) is 23.2 Å². The number of allylic oxidation sites excluding steroid dienone is 1. The Balaban J connectivity index is 2.24. The molecule has 0 amide bonds. The van der Waals surface area contributed by atoms with Gasteiger partial charge in [-0.05, 0) is 11.8 Å². The van der Waals surface area contributed by atoms with Crippen LogP contribution in [-0.4, -0.2) is 11.9 Å². The first kappa shape index (κ1) is 6.89. The summed E-state index contributed by atoms with van der Waals surface area (Å²) in [4.78, 5) is 11.3. The van der Waals surface area contributed by atoms with E-state index in [0.29, 0.717) is 0 Å². The van der Waals surface area contributed by atoms with Crippen LogP contribution in [0.25, 0.3) is 0 Å². The van der Waals surface area contributed by atoms with Gasteiger partial charge in [0.15, 0.2) is 5.78 Å². The second kappa shape index (κ2) is 1.87. The van der Waals surface area contributed by atoms with Gasteiger partial charge in [-0.25, -0.2) is 0 Å². The third-order valence-electron chi connectivity index (χ3n) is 2.73. The molecule has 2 nitrogen and oxygen atoms in total. The van der Waals surface area contributed by atoms with Gasteiger partial charge in [0.25, 0.3) is 0 Å². The third-order valence-corrected chi connectivity index (χ3v) is 2.73. The van der Waals surface area contributed by atoms with E-state index < -0.39 is 0 Å². The fourth-order valence-electron chi connectivity index (χ4n) is 2.11. The summed E-state index contributed by atoms with van der Waals surface area (Å²) in [6, 6.07) is 0. The van der Waals surface area contributed by atoms with Gasteiger partial charge in [-0.2, -0.15) is 0 Å². The number of carbonyl (C=O) groups is 1. The molecular weight excluding hydrogens is 140 g/mol. The fraction of sp³-hybridized carbons (Fsp3) is 0.667. The summed E-state index contributed by atoms with van der Waals surface area (Å²) in [6.07, 6.45) is 4.25. The molecule has 0 spiro atoms. The van der Waals surface area contributed by atoms with Gasteiger partial charge in [0, 0.05) is 6.08 Å². The lowest BCUT2D eigenvalue weighted by Crippen LogP contribution is -2.53. The van der Waals surface area contributed by atoms with Crippen LogP contribution < -0.4 is 0 Å². The molecule has 2 heteroatoms. The van der Waals surface area contributed by atoms with Crippen LogP contribution in [0.2, 0.25) is 0 Å². The lowest BCUT2D eigenvalue weighted by atomic mass is 9.58. The zero-order valence-corrected chi connectivity index (χ0v) is 6.83. The zero-order valence-electron chi connectivity index (χ0n) is 6.83. The molecule has 0 saturated heterocycles. The molecule has 1 heterocycles. The molecule has 0 bridgehead atoms. The lowest BCUT2D eigenvalue weighted by molar-refractivity contribution is -0.149. The molecule has 0 N–H and O–H groups in total.